The lowest BCUT2D eigenvalue weighted by Crippen LogP contribution is -2.45. The van der Waals surface area contributed by atoms with Crippen molar-refractivity contribution in [3.05, 3.63) is 108 Å². The van der Waals surface area contributed by atoms with Gasteiger partial charge in [-0.2, -0.15) is 0 Å². The average molecular weight is 423 g/mol. The molecule has 3 atom stereocenters. The quantitative estimate of drug-likeness (QED) is 0.439. The van der Waals surface area contributed by atoms with Crippen LogP contribution in [0.15, 0.2) is 91.0 Å². The topological polar surface area (TPSA) is 68.2 Å². The Kier molecular flexibility index (Phi) is 9.70. The van der Waals surface area contributed by atoms with Crippen molar-refractivity contribution >= 4 is 0 Å². The number of aliphatic hydroxyl groups excluding tert-OH is 2. The van der Waals surface area contributed by atoms with Crippen molar-refractivity contribution in [3.8, 4) is 0 Å². The summed E-state index contributed by atoms with van der Waals surface area (Å²) in [6.45, 7) is 0.793. The standard InChI is InChI=1S/C26H30O5/c27-16-25(30-18-22-12-6-2-7-13-22)26(31-19-23-14-8-3-9-15-23)24(28)20-29-17-21-10-4-1-5-11-21/h1-15,24-28H,16-20H2/t24-,25+,26+/m1/s1. The van der Waals surface area contributed by atoms with Gasteiger partial charge in [0.2, 0.25) is 0 Å². The van der Waals surface area contributed by atoms with E-state index < -0.39 is 18.3 Å². The summed E-state index contributed by atoms with van der Waals surface area (Å²) >= 11 is 0. The molecule has 0 aliphatic heterocycles. The Morgan fingerprint density at radius 1 is 0.613 bits per heavy atom. The Morgan fingerprint density at radius 3 is 1.55 bits per heavy atom. The molecule has 3 rings (SSSR count). The van der Waals surface area contributed by atoms with Crippen LogP contribution in [-0.4, -0.2) is 41.7 Å². The molecule has 0 saturated heterocycles. The van der Waals surface area contributed by atoms with Crippen LogP contribution in [0.2, 0.25) is 0 Å². The minimum Gasteiger partial charge on any atom is -0.394 e. The Bertz CT molecular complexity index is 841. The van der Waals surface area contributed by atoms with Crippen molar-refractivity contribution in [2.45, 2.75) is 38.1 Å². The average Bonchev–Trinajstić information content (AvgIpc) is 2.83. The summed E-state index contributed by atoms with van der Waals surface area (Å²) < 4.78 is 17.6. The van der Waals surface area contributed by atoms with Crippen molar-refractivity contribution in [2.75, 3.05) is 13.2 Å². The highest BCUT2D eigenvalue weighted by atomic mass is 16.6. The zero-order valence-corrected chi connectivity index (χ0v) is 17.5. The highest BCUT2D eigenvalue weighted by Crippen LogP contribution is 2.16. The Balaban J connectivity index is 1.61. The van der Waals surface area contributed by atoms with E-state index >= 15 is 0 Å². The van der Waals surface area contributed by atoms with Gasteiger partial charge in [-0.25, -0.2) is 0 Å². The fourth-order valence-corrected chi connectivity index (χ4v) is 3.23. The van der Waals surface area contributed by atoms with Crippen molar-refractivity contribution < 1.29 is 24.4 Å². The van der Waals surface area contributed by atoms with Gasteiger partial charge in [0, 0.05) is 0 Å². The van der Waals surface area contributed by atoms with Gasteiger partial charge >= 0.3 is 0 Å². The van der Waals surface area contributed by atoms with Gasteiger partial charge in [0.05, 0.1) is 33.0 Å². The Labute approximate surface area is 183 Å². The maximum Gasteiger partial charge on any atom is 0.114 e. The van der Waals surface area contributed by atoms with Crippen LogP contribution in [0.25, 0.3) is 0 Å². The molecular weight excluding hydrogens is 392 g/mol. The molecule has 0 aliphatic rings. The Morgan fingerprint density at radius 2 is 1.06 bits per heavy atom. The van der Waals surface area contributed by atoms with Crippen LogP contribution < -0.4 is 0 Å². The predicted molar refractivity (Wildman–Crippen MR) is 119 cm³/mol. The summed E-state index contributed by atoms with van der Waals surface area (Å²) in [7, 11) is 0. The van der Waals surface area contributed by atoms with E-state index in [-0.39, 0.29) is 13.2 Å². The second-order valence-corrected chi connectivity index (χ2v) is 7.35. The second-order valence-electron chi connectivity index (χ2n) is 7.35. The van der Waals surface area contributed by atoms with Crippen LogP contribution in [-0.2, 0) is 34.0 Å². The second kappa shape index (κ2) is 13.0. The third-order valence-electron chi connectivity index (χ3n) is 4.92. The van der Waals surface area contributed by atoms with Crippen molar-refractivity contribution in [2.24, 2.45) is 0 Å². The molecule has 31 heavy (non-hydrogen) atoms. The van der Waals surface area contributed by atoms with Crippen molar-refractivity contribution in [1.29, 1.82) is 0 Å². The van der Waals surface area contributed by atoms with Gasteiger partial charge in [0.15, 0.2) is 0 Å². The molecule has 0 radical (unpaired) electrons. The minimum atomic E-state index is -0.958. The molecular formula is C26H30O5. The SMILES string of the molecule is OC[C@H](OCc1ccccc1)[C@@H](OCc1ccccc1)[C@H](O)COCc1ccccc1. The van der Waals surface area contributed by atoms with E-state index in [1.807, 2.05) is 91.0 Å². The molecule has 3 aromatic rings. The summed E-state index contributed by atoms with van der Waals surface area (Å²) in [6, 6.07) is 29.2. The van der Waals surface area contributed by atoms with E-state index in [1.54, 1.807) is 0 Å². The van der Waals surface area contributed by atoms with Gasteiger partial charge in [-0.1, -0.05) is 91.0 Å². The summed E-state index contributed by atoms with van der Waals surface area (Å²) in [5.74, 6) is 0. The van der Waals surface area contributed by atoms with E-state index in [2.05, 4.69) is 0 Å². The molecule has 0 unspecified atom stereocenters. The lowest BCUT2D eigenvalue weighted by molar-refractivity contribution is -0.157. The normalized spacial score (nSPS) is 14.1. The minimum absolute atomic E-state index is 0.0690. The van der Waals surface area contributed by atoms with Crippen LogP contribution >= 0.6 is 0 Å². The van der Waals surface area contributed by atoms with Crippen LogP contribution in [0, 0.1) is 0 Å². The third-order valence-corrected chi connectivity index (χ3v) is 4.92. The van der Waals surface area contributed by atoms with Gasteiger partial charge in [-0.15, -0.1) is 0 Å². The molecule has 2 N–H and O–H groups in total. The first kappa shape index (κ1) is 23.1. The molecule has 0 heterocycles. The zero-order chi connectivity index (χ0) is 21.7. The van der Waals surface area contributed by atoms with Crippen molar-refractivity contribution in [3.63, 3.8) is 0 Å². The molecule has 0 bridgehead atoms. The summed E-state index contributed by atoms with van der Waals surface area (Å²) in [6.07, 6.45) is -2.40. The van der Waals surface area contributed by atoms with Crippen LogP contribution in [0.5, 0.6) is 0 Å². The molecule has 0 aromatic heterocycles. The number of hydrogen-bond donors (Lipinski definition) is 2. The van der Waals surface area contributed by atoms with E-state index in [0.29, 0.717) is 19.8 Å². The van der Waals surface area contributed by atoms with Crippen LogP contribution in [0.1, 0.15) is 16.7 Å². The van der Waals surface area contributed by atoms with Gasteiger partial charge in [0.25, 0.3) is 0 Å². The lowest BCUT2D eigenvalue weighted by Gasteiger charge is -2.30. The lowest BCUT2D eigenvalue weighted by atomic mass is 10.1. The molecule has 164 valence electrons. The van der Waals surface area contributed by atoms with E-state index in [0.717, 1.165) is 16.7 Å². The molecule has 0 aliphatic carbocycles. The summed E-state index contributed by atoms with van der Waals surface area (Å²) in [4.78, 5) is 0. The van der Waals surface area contributed by atoms with Gasteiger partial charge < -0.3 is 24.4 Å². The first-order chi connectivity index (χ1) is 15.3. The maximum absolute atomic E-state index is 10.8. The number of benzene rings is 3. The predicted octanol–water partition coefficient (Wildman–Crippen LogP) is 3.73. The van der Waals surface area contributed by atoms with Crippen LogP contribution in [0.4, 0.5) is 0 Å². The molecule has 3 aromatic carbocycles. The highest BCUT2D eigenvalue weighted by Gasteiger charge is 2.30. The Hall–Kier alpha value is -2.54. The first-order valence-electron chi connectivity index (χ1n) is 10.5. The fraction of sp³-hybridized carbons (Fsp3) is 0.308. The van der Waals surface area contributed by atoms with E-state index in [9.17, 15) is 10.2 Å². The number of aliphatic hydroxyl groups is 2. The van der Waals surface area contributed by atoms with Gasteiger partial charge in [-0.05, 0) is 16.7 Å². The van der Waals surface area contributed by atoms with Crippen molar-refractivity contribution in [1.82, 2.24) is 0 Å². The monoisotopic (exact) mass is 422 g/mol. The highest BCUT2D eigenvalue weighted by molar-refractivity contribution is 5.15. The number of ether oxygens (including phenoxy) is 3. The first-order valence-corrected chi connectivity index (χ1v) is 10.5. The smallest absolute Gasteiger partial charge is 0.114 e. The molecule has 5 heteroatoms. The molecule has 5 nitrogen and oxygen atoms in total. The molecule has 0 amide bonds. The van der Waals surface area contributed by atoms with Gasteiger partial charge in [0.1, 0.15) is 18.3 Å². The van der Waals surface area contributed by atoms with E-state index in [4.69, 9.17) is 14.2 Å². The summed E-state index contributed by atoms with van der Waals surface area (Å²) in [5, 5.41) is 20.8. The fourth-order valence-electron chi connectivity index (χ4n) is 3.23. The van der Waals surface area contributed by atoms with Crippen LogP contribution in [0.3, 0.4) is 0 Å². The molecule has 0 spiro atoms. The largest absolute Gasteiger partial charge is 0.394 e. The number of hydrogen-bond acceptors (Lipinski definition) is 5. The molecule has 0 saturated carbocycles. The molecule has 0 fully saturated rings. The third kappa shape index (κ3) is 7.90. The van der Waals surface area contributed by atoms with E-state index in [1.165, 1.54) is 0 Å². The number of rotatable bonds is 13. The van der Waals surface area contributed by atoms with Gasteiger partial charge in [-0.3, -0.25) is 0 Å². The zero-order valence-electron chi connectivity index (χ0n) is 17.5. The summed E-state index contributed by atoms with van der Waals surface area (Å²) in [5.41, 5.74) is 2.98. The maximum atomic E-state index is 10.8.